The van der Waals surface area contributed by atoms with Gasteiger partial charge in [0.2, 0.25) is 0 Å². The molecule has 1 heterocycles. The maximum Gasteiger partial charge on any atom is 0.0605 e. The first-order chi connectivity index (χ1) is 7.18. The summed E-state index contributed by atoms with van der Waals surface area (Å²) in [5.74, 6) is 0.633. The summed E-state index contributed by atoms with van der Waals surface area (Å²) in [4.78, 5) is 2.35. The van der Waals surface area contributed by atoms with Gasteiger partial charge in [-0.25, -0.2) is 5.01 Å². The Morgan fingerprint density at radius 3 is 2.47 bits per heavy atom. The van der Waals surface area contributed by atoms with Crippen molar-refractivity contribution in [2.75, 3.05) is 53.0 Å². The average molecular weight is 215 g/mol. The highest BCUT2D eigenvalue weighted by Gasteiger charge is 2.12. The Bertz CT molecular complexity index is 156. The second-order valence-electron chi connectivity index (χ2n) is 4.67. The van der Waals surface area contributed by atoms with Crippen LogP contribution in [-0.2, 0) is 4.74 Å². The number of nitrogens with one attached hydrogen (secondary N) is 1. The lowest BCUT2D eigenvalue weighted by molar-refractivity contribution is 0.0681. The third-order valence-corrected chi connectivity index (χ3v) is 2.54. The predicted octanol–water partition coefficient (Wildman–Crippen LogP) is 0.411. The molecule has 0 aromatic heterocycles. The Morgan fingerprint density at radius 2 is 1.87 bits per heavy atom. The number of ether oxygens (including phenoxy) is 1. The zero-order valence-corrected chi connectivity index (χ0v) is 10.3. The standard InChI is InChI=1S/C11H25N3O/c1-11(2)10-15-9-4-12-14-7-5-13(3)6-8-14/h11-12H,4-10H2,1-3H3. The molecule has 0 unspecified atom stereocenters. The molecule has 15 heavy (non-hydrogen) atoms. The summed E-state index contributed by atoms with van der Waals surface area (Å²) in [5.41, 5.74) is 3.40. The van der Waals surface area contributed by atoms with E-state index >= 15 is 0 Å². The molecule has 4 nitrogen and oxygen atoms in total. The van der Waals surface area contributed by atoms with Crippen molar-refractivity contribution >= 4 is 0 Å². The fraction of sp³-hybridized carbons (Fsp3) is 1.00. The molecular weight excluding hydrogens is 190 g/mol. The van der Waals surface area contributed by atoms with Crippen LogP contribution >= 0.6 is 0 Å². The summed E-state index contributed by atoms with van der Waals surface area (Å²) in [5, 5.41) is 2.29. The normalized spacial score (nSPS) is 20.0. The molecule has 1 rings (SSSR count). The summed E-state index contributed by atoms with van der Waals surface area (Å²) in [6.07, 6.45) is 0. The van der Waals surface area contributed by atoms with Gasteiger partial charge in [0.15, 0.2) is 0 Å². The lowest BCUT2D eigenvalue weighted by Crippen LogP contribution is -2.51. The average Bonchev–Trinajstić information content (AvgIpc) is 2.20. The molecular formula is C11H25N3O. The number of piperazine rings is 1. The van der Waals surface area contributed by atoms with Crippen molar-refractivity contribution in [1.82, 2.24) is 15.3 Å². The van der Waals surface area contributed by atoms with E-state index in [1.807, 2.05) is 0 Å². The lowest BCUT2D eigenvalue weighted by atomic mass is 10.2. The summed E-state index contributed by atoms with van der Waals surface area (Å²) >= 11 is 0. The second kappa shape index (κ2) is 7.17. The molecule has 0 amide bonds. The second-order valence-corrected chi connectivity index (χ2v) is 4.67. The van der Waals surface area contributed by atoms with Crippen LogP contribution in [0.15, 0.2) is 0 Å². The van der Waals surface area contributed by atoms with Crippen LogP contribution in [0.5, 0.6) is 0 Å². The summed E-state index contributed by atoms with van der Waals surface area (Å²) in [7, 11) is 2.17. The van der Waals surface area contributed by atoms with Crippen LogP contribution in [0.4, 0.5) is 0 Å². The third kappa shape index (κ3) is 6.10. The van der Waals surface area contributed by atoms with Gasteiger partial charge < -0.3 is 9.64 Å². The topological polar surface area (TPSA) is 27.7 Å². The molecule has 0 bridgehead atoms. The molecule has 0 aromatic rings. The maximum absolute atomic E-state index is 5.51. The van der Waals surface area contributed by atoms with Crippen LogP contribution in [0.25, 0.3) is 0 Å². The van der Waals surface area contributed by atoms with Gasteiger partial charge in [-0.15, -0.1) is 0 Å². The van der Waals surface area contributed by atoms with E-state index in [4.69, 9.17) is 4.74 Å². The summed E-state index contributed by atoms with van der Waals surface area (Å²) in [6, 6.07) is 0. The van der Waals surface area contributed by atoms with E-state index in [1.165, 1.54) is 0 Å². The maximum atomic E-state index is 5.51. The molecule has 0 radical (unpaired) electrons. The molecule has 0 atom stereocenters. The van der Waals surface area contributed by atoms with Crippen molar-refractivity contribution in [1.29, 1.82) is 0 Å². The Morgan fingerprint density at radius 1 is 1.20 bits per heavy atom. The van der Waals surface area contributed by atoms with Gasteiger partial charge in [-0.3, -0.25) is 5.43 Å². The summed E-state index contributed by atoms with van der Waals surface area (Å²) < 4.78 is 5.51. The van der Waals surface area contributed by atoms with E-state index in [2.05, 4.69) is 36.2 Å². The Balaban J connectivity index is 1.91. The van der Waals surface area contributed by atoms with Gasteiger partial charge in [-0.1, -0.05) is 13.8 Å². The molecule has 1 aliphatic heterocycles. The van der Waals surface area contributed by atoms with Crippen molar-refractivity contribution in [3.63, 3.8) is 0 Å². The van der Waals surface area contributed by atoms with Crippen LogP contribution in [-0.4, -0.2) is 62.9 Å². The van der Waals surface area contributed by atoms with Crippen LogP contribution in [0, 0.1) is 5.92 Å². The minimum Gasteiger partial charge on any atom is -0.380 e. The van der Waals surface area contributed by atoms with Gasteiger partial charge in [0, 0.05) is 39.3 Å². The van der Waals surface area contributed by atoms with Crippen LogP contribution in [0.3, 0.4) is 0 Å². The highest BCUT2D eigenvalue weighted by molar-refractivity contribution is 4.65. The fourth-order valence-corrected chi connectivity index (χ4v) is 1.56. The zero-order chi connectivity index (χ0) is 11.1. The molecule has 90 valence electrons. The third-order valence-electron chi connectivity index (χ3n) is 2.54. The monoisotopic (exact) mass is 215 g/mol. The number of hydrogen-bond acceptors (Lipinski definition) is 4. The fourth-order valence-electron chi connectivity index (χ4n) is 1.56. The molecule has 4 heteroatoms. The molecule has 1 saturated heterocycles. The number of rotatable bonds is 6. The number of hydrogen-bond donors (Lipinski definition) is 1. The van der Waals surface area contributed by atoms with Gasteiger partial charge in [-0.2, -0.15) is 0 Å². The highest BCUT2D eigenvalue weighted by atomic mass is 16.5. The van der Waals surface area contributed by atoms with E-state index in [0.29, 0.717) is 5.92 Å². The van der Waals surface area contributed by atoms with Gasteiger partial charge in [-0.05, 0) is 13.0 Å². The first-order valence-electron chi connectivity index (χ1n) is 5.93. The van der Waals surface area contributed by atoms with E-state index < -0.39 is 0 Å². The predicted molar refractivity (Wildman–Crippen MR) is 62.7 cm³/mol. The Labute approximate surface area is 93.5 Å². The number of hydrazine groups is 1. The lowest BCUT2D eigenvalue weighted by Gasteiger charge is -2.32. The first kappa shape index (κ1) is 12.9. The molecule has 0 saturated carbocycles. The molecule has 0 aromatic carbocycles. The van der Waals surface area contributed by atoms with Crippen molar-refractivity contribution in [3.8, 4) is 0 Å². The molecule has 1 N–H and O–H groups in total. The van der Waals surface area contributed by atoms with Crippen molar-refractivity contribution in [2.24, 2.45) is 5.92 Å². The smallest absolute Gasteiger partial charge is 0.0605 e. The van der Waals surface area contributed by atoms with Gasteiger partial charge in [0.1, 0.15) is 0 Å². The minimum atomic E-state index is 0.633. The molecule has 1 fully saturated rings. The van der Waals surface area contributed by atoms with E-state index in [-0.39, 0.29) is 0 Å². The first-order valence-corrected chi connectivity index (χ1v) is 5.93. The van der Waals surface area contributed by atoms with E-state index in [9.17, 15) is 0 Å². The quantitative estimate of drug-likeness (QED) is 0.650. The van der Waals surface area contributed by atoms with Crippen LogP contribution in [0.2, 0.25) is 0 Å². The minimum absolute atomic E-state index is 0.633. The number of likely N-dealkylation sites (N-methyl/N-ethyl adjacent to an activating group) is 1. The van der Waals surface area contributed by atoms with Crippen molar-refractivity contribution < 1.29 is 4.74 Å². The van der Waals surface area contributed by atoms with Gasteiger partial charge in [0.05, 0.1) is 6.61 Å². The van der Waals surface area contributed by atoms with Crippen LogP contribution in [0.1, 0.15) is 13.8 Å². The van der Waals surface area contributed by atoms with E-state index in [1.54, 1.807) is 0 Å². The Hall–Kier alpha value is -0.160. The number of nitrogens with zero attached hydrogens (tertiary/aromatic N) is 2. The SMILES string of the molecule is CC(C)COCCNN1CCN(C)CC1. The van der Waals surface area contributed by atoms with Crippen molar-refractivity contribution in [3.05, 3.63) is 0 Å². The van der Waals surface area contributed by atoms with Gasteiger partial charge >= 0.3 is 0 Å². The molecule has 0 aliphatic carbocycles. The molecule has 1 aliphatic rings. The highest BCUT2D eigenvalue weighted by Crippen LogP contribution is 1.95. The zero-order valence-electron chi connectivity index (χ0n) is 10.3. The van der Waals surface area contributed by atoms with Crippen LogP contribution < -0.4 is 5.43 Å². The van der Waals surface area contributed by atoms with Crippen molar-refractivity contribution in [2.45, 2.75) is 13.8 Å². The van der Waals surface area contributed by atoms with E-state index in [0.717, 1.165) is 45.9 Å². The Kier molecular flexibility index (Phi) is 6.17. The largest absolute Gasteiger partial charge is 0.380 e. The molecule has 0 spiro atoms. The summed E-state index contributed by atoms with van der Waals surface area (Å²) in [6.45, 7) is 11.5. The van der Waals surface area contributed by atoms with Gasteiger partial charge in [0.25, 0.3) is 0 Å².